The van der Waals surface area contributed by atoms with Crippen LogP contribution in [0.5, 0.6) is 0 Å². The van der Waals surface area contributed by atoms with E-state index in [2.05, 4.69) is 10.1 Å². The second kappa shape index (κ2) is 4.04. The van der Waals surface area contributed by atoms with Crippen LogP contribution in [0.1, 0.15) is 29.0 Å². The lowest BCUT2D eigenvalue weighted by atomic mass is 10.1. The van der Waals surface area contributed by atoms with E-state index >= 15 is 0 Å². The van der Waals surface area contributed by atoms with Crippen LogP contribution in [0.15, 0.2) is 34.9 Å². The van der Waals surface area contributed by atoms with E-state index in [4.69, 9.17) is 4.52 Å². The van der Waals surface area contributed by atoms with Crippen LogP contribution >= 0.6 is 0 Å². The van der Waals surface area contributed by atoms with Crippen LogP contribution in [0, 0.1) is 0 Å². The molecule has 0 aliphatic heterocycles. The molecule has 0 bridgehead atoms. The number of benzene rings is 1. The summed E-state index contributed by atoms with van der Waals surface area (Å²) in [5.41, 5.74) is 1.08. The summed E-state index contributed by atoms with van der Waals surface area (Å²) in [5, 5.41) is 3.58. The fourth-order valence-electron chi connectivity index (χ4n) is 1.24. The summed E-state index contributed by atoms with van der Waals surface area (Å²) in [4.78, 5) is 14.9. The highest BCUT2D eigenvalue weighted by atomic mass is 16.5. The fraction of sp³-hybridized carbons (Fsp3) is 0.182. The molecule has 1 aromatic carbocycles. The molecule has 0 atom stereocenters. The summed E-state index contributed by atoms with van der Waals surface area (Å²) in [6, 6.07) is 9.77. The van der Waals surface area contributed by atoms with E-state index in [0.717, 1.165) is 5.56 Å². The van der Waals surface area contributed by atoms with E-state index in [1.165, 1.54) is 6.92 Å². The molecule has 0 radical (unpaired) electrons. The second-order valence-electron chi connectivity index (χ2n) is 3.23. The number of carbonyl (C=O) groups is 1. The minimum Gasteiger partial charge on any atom is -0.339 e. The summed E-state index contributed by atoms with van der Waals surface area (Å²) < 4.78 is 4.95. The Morgan fingerprint density at radius 1 is 1.33 bits per heavy atom. The van der Waals surface area contributed by atoms with E-state index in [0.29, 0.717) is 12.3 Å². The third-order valence-corrected chi connectivity index (χ3v) is 1.98. The van der Waals surface area contributed by atoms with Gasteiger partial charge in [-0.05, 0) is 5.56 Å². The van der Waals surface area contributed by atoms with Gasteiger partial charge in [0.05, 0.1) is 6.42 Å². The van der Waals surface area contributed by atoms with Crippen molar-refractivity contribution < 1.29 is 9.32 Å². The Morgan fingerprint density at radius 3 is 2.67 bits per heavy atom. The molecule has 2 rings (SSSR count). The van der Waals surface area contributed by atoms with Crippen LogP contribution in [-0.4, -0.2) is 15.9 Å². The van der Waals surface area contributed by atoms with Crippen LogP contribution in [0.25, 0.3) is 0 Å². The van der Waals surface area contributed by atoms with Crippen molar-refractivity contribution in [1.82, 2.24) is 10.1 Å². The van der Waals surface area contributed by atoms with Gasteiger partial charge in [-0.2, -0.15) is 4.98 Å². The van der Waals surface area contributed by atoms with Crippen molar-refractivity contribution in [3.05, 3.63) is 47.6 Å². The van der Waals surface area contributed by atoms with Gasteiger partial charge in [0.2, 0.25) is 17.5 Å². The minimum atomic E-state index is -0.182. The summed E-state index contributed by atoms with van der Waals surface area (Å²) in [7, 11) is 0. The molecule has 0 saturated carbocycles. The number of hydrogen-bond donors (Lipinski definition) is 0. The van der Waals surface area contributed by atoms with Gasteiger partial charge in [-0.25, -0.2) is 0 Å². The predicted octanol–water partition coefficient (Wildman–Crippen LogP) is 1.86. The van der Waals surface area contributed by atoms with E-state index in [-0.39, 0.29) is 11.6 Å². The van der Waals surface area contributed by atoms with Crippen LogP contribution in [0.2, 0.25) is 0 Å². The average molecular weight is 202 g/mol. The fourth-order valence-corrected chi connectivity index (χ4v) is 1.24. The SMILES string of the molecule is CC(=O)c1noc(Cc2ccccc2)n1. The van der Waals surface area contributed by atoms with E-state index in [1.807, 2.05) is 30.3 Å². The highest BCUT2D eigenvalue weighted by Crippen LogP contribution is 2.07. The first-order valence-electron chi connectivity index (χ1n) is 4.63. The van der Waals surface area contributed by atoms with Crippen molar-refractivity contribution in [1.29, 1.82) is 0 Å². The van der Waals surface area contributed by atoms with Crippen LogP contribution in [0.3, 0.4) is 0 Å². The molecule has 0 N–H and O–H groups in total. The molecule has 1 aromatic heterocycles. The third-order valence-electron chi connectivity index (χ3n) is 1.98. The van der Waals surface area contributed by atoms with Gasteiger partial charge in [0, 0.05) is 6.92 Å². The molecule has 1 heterocycles. The molecule has 4 nitrogen and oxygen atoms in total. The van der Waals surface area contributed by atoms with Crippen LogP contribution < -0.4 is 0 Å². The topological polar surface area (TPSA) is 56.0 Å². The van der Waals surface area contributed by atoms with E-state index in [9.17, 15) is 4.79 Å². The lowest BCUT2D eigenvalue weighted by molar-refractivity contribution is 0.100. The molecular formula is C11H10N2O2. The number of aromatic nitrogens is 2. The quantitative estimate of drug-likeness (QED) is 0.713. The second-order valence-corrected chi connectivity index (χ2v) is 3.23. The van der Waals surface area contributed by atoms with E-state index < -0.39 is 0 Å². The molecule has 0 spiro atoms. The summed E-state index contributed by atoms with van der Waals surface area (Å²) in [6.07, 6.45) is 0.557. The lowest BCUT2D eigenvalue weighted by Crippen LogP contribution is -1.95. The smallest absolute Gasteiger partial charge is 0.238 e. The molecule has 0 saturated heterocycles. The number of nitrogens with zero attached hydrogens (tertiary/aromatic N) is 2. The highest BCUT2D eigenvalue weighted by Gasteiger charge is 2.09. The van der Waals surface area contributed by atoms with Crippen LogP contribution in [-0.2, 0) is 6.42 Å². The van der Waals surface area contributed by atoms with Crippen molar-refractivity contribution in [2.24, 2.45) is 0 Å². The van der Waals surface area contributed by atoms with Gasteiger partial charge in [-0.15, -0.1) is 0 Å². The Labute approximate surface area is 86.9 Å². The van der Waals surface area contributed by atoms with Gasteiger partial charge in [0.25, 0.3) is 0 Å². The monoisotopic (exact) mass is 202 g/mol. The molecule has 76 valence electrons. The Kier molecular flexibility index (Phi) is 2.58. The number of Topliss-reactive ketones (excluding diaryl/α,β-unsaturated/α-hetero) is 1. The predicted molar refractivity (Wildman–Crippen MR) is 53.6 cm³/mol. The van der Waals surface area contributed by atoms with Gasteiger partial charge in [0.1, 0.15) is 0 Å². The summed E-state index contributed by atoms with van der Waals surface area (Å²) in [5.74, 6) is 0.422. The lowest BCUT2D eigenvalue weighted by Gasteiger charge is -1.93. The van der Waals surface area contributed by atoms with Gasteiger partial charge in [0.15, 0.2) is 0 Å². The third kappa shape index (κ3) is 2.28. The standard InChI is InChI=1S/C11H10N2O2/c1-8(14)11-12-10(15-13-11)7-9-5-3-2-4-6-9/h2-6H,7H2,1H3. The summed E-state index contributed by atoms with van der Waals surface area (Å²) >= 11 is 0. The maximum absolute atomic E-state index is 10.9. The molecule has 0 fully saturated rings. The zero-order valence-corrected chi connectivity index (χ0v) is 8.30. The molecule has 0 aliphatic carbocycles. The van der Waals surface area contributed by atoms with Crippen molar-refractivity contribution >= 4 is 5.78 Å². The van der Waals surface area contributed by atoms with Crippen LogP contribution in [0.4, 0.5) is 0 Å². The largest absolute Gasteiger partial charge is 0.339 e. The minimum absolute atomic E-state index is 0.140. The number of ketones is 1. The maximum atomic E-state index is 10.9. The molecule has 15 heavy (non-hydrogen) atoms. The van der Waals surface area contributed by atoms with Gasteiger partial charge >= 0.3 is 0 Å². The molecule has 4 heteroatoms. The maximum Gasteiger partial charge on any atom is 0.238 e. The van der Waals surface area contributed by atoms with Crippen molar-refractivity contribution in [2.45, 2.75) is 13.3 Å². The Hall–Kier alpha value is -1.97. The molecule has 2 aromatic rings. The summed E-state index contributed by atoms with van der Waals surface area (Å²) in [6.45, 7) is 1.41. The Bertz CT molecular complexity index is 462. The number of carbonyl (C=O) groups excluding carboxylic acids is 1. The Balaban J connectivity index is 2.15. The van der Waals surface area contributed by atoms with Gasteiger partial charge in [-0.3, -0.25) is 4.79 Å². The van der Waals surface area contributed by atoms with E-state index in [1.54, 1.807) is 0 Å². The average Bonchev–Trinajstić information content (AvgIpc) is 2.68. The number of hydrogen-bond acceptors (Lipinski definition) is 4. The van der Waals surface area contributed by atoms with Crippen molar-refractivity contribution in [3.63, 3.8) is 0 Å². The highest BCUT2D eigenvalue weighted by molar-refractivity contribution is 5.89. The van der Waals surface area contributed by atoms with Crippen molar-refractivity contribution in [2.75, 3.05) is 0 Å². The Morgan fingerprint density at radius 2 is 2.07 bits per heavy atom. The first kappa shape index (κ1) is 9.58. The van der Waals surface area contributed by atoms with Crippen molar-refractivity contribution in [3.8, 4) is 0 Å². The normalized spacial score (nSPS) is 10.2. The first-order chi connectivity index (χ1) is 7.25. The first-order valence-corrected chi connectivity index (χ1v) is 4.63. The van der Waals surface area contributed by atoms with Gasteiger partial charge < -0.3 is 4.52 Å². The molecule has 0 unspecified atom stereocenters. The molecule has 0 aliphatic rings. The van der Waals surface area contributed by atoms with Gasteiger partial charge in [-0.1, -0.05) is 35.5 Å². The zero-order valence-electron chi connectivity index (χ0n) is 8.30. The zero-order chi connectivity index (χ0) is 10.7. The number of rotatable bonds is 3. The molecular weight excluding hydrogens is 192 g/mol. The molecule has 0 amide bonds.